The van der Waals surface area contributed by atoms with E-state index in [4.69, 9.17) is 14.9 Å². The average molecular weight is 485 g/mol. The lowest BCUT2D eigenvalue weighted by Gasteiger charge is -2.31. The molecule has 0 unspecified atom stereocenters. The molecule has 1 aliphatic heterocycles. The van der Waals surface area contributed by atoms with Crippen molar-refractivity contribution >= 4 is 40.1 Å². The number of rotatable bonds is 8. The first-order valence-electron chi connectivity index (χ1n) is 11.6. The smallest absolute Gasteiger partial charge is 0.245 e. The maximum absolute atomic E-state index is 11.9. The van der Waals surface area contributed by atoms with Gasteiger partial charge in [-0.2, -0.15) is 5.26 Å². The zero-order valence-corrected chi connectivity index (χ0v) is 20.3. The number of nitrogens with zero attached hydrogens (tertiary/aromatic N) is 3. The predicted octanol–water partition coefficient (Wildman–Crippen LogP) is 4.45. The molecule has 3 N–H and O–H groups in total. The molecule has 0 atom stereocenters. The second-order valence-electron chi connectivity index (χ2n) is 8.31. The van der Waals surface area contributed by atoms with E-state index in [1.165, 1.54) is 18.5 Å². The Balaban J connectivity index is 1.72. The highest BCUT2D eigenvalue weighted by Gasteiger charge is 2.24. The van der Waals surface area contributed by atoms with Crippen LogP contribution in [0.2, 0.25) is 0 Å². The van der Waals surface area contributed by atoms with Gasteiger partial charge in [0.25, 0.3) is 0 Å². The topological polar surface area (TPSA) is 123 Å². The number of hydrogen-bond donors (Lipinski definition) is 3. The number of nitriles is 1. The zero-order valence-electron chi connectivity index (χ0n) is 20.3. The van der Waals surface area contributed by atoms with Gasteiger partial charge in [0, 0.05) is 62.4 Å². The highest BCUT2D eigenvalue weighted by Crippen LogP contribution is 2.39. The first kappa shape index (κ1) is 24.5. The Labute approximate surface area is 209 Å². The van der Waals surface area contributed by atoms with Crippen molar-refractivity contribution in [3.05, 3.63) is 60.3 Å². The van der Waals surface area contributed by atoms with E-state index in [0.717, 1.165) is 11.4 Å². The normalized spacial score (nSPS) is 13.5. The highest BCUT2D eigenvalue weighted by molar-refractivity contribution is 6.00. The van der Waals surface area contributed by atoms with Gasteiger partial charge < -0.3 is 30.4 Å². The van der Waals surface area contributed by atoms with Crippen LogP contribution in [0.25, 0.3) is 10.9 Å². The number of pyridine rings is 1. The third-order valence-corrected chi connectivity index (χ3v) is 6.26. The van der Waals surface area contributed by atoms with Gasteiger partial charge in [0.05, 0.1) is 35.3 Å². The average Bonchev–Trinajstić information content (AvgIpc) is 2.92. The van der Waals surface area contributed by atoms with E-state index in [9.17, 15) is 10.1 Å². The number of para-hydroxylation sites is 1. The first-order chi connectivity index (χ1) is 17.5. The SMILES string of the molecule is C=CC(=O)N1CCC(Oc2cc3c(Nc4cccc(C=N)c4NC)c(C#N)cnc3cc2OC)CC1. The van der Waals surface area contributed by atoms with Gasteiger partial charge in [-0.25, -0.2) is 0 Å². The molecule has 184 valence electrons. The highest BCUT2D eigenvalue weighted by atomic mass is 16.5. The Morgan fingerprint density at radius 1 is 1.28 bits per heavy atom. The molecule has 0 radical (unpaired) electrons. The number of likely N-dealkylation sites (tertiary alicyclic amines) is 1. The van der Waals surface area contributed by atoms with Crippen molar-refractivity contribution in [2.75, 3.05) is 37.9 Å². The van der Waals surface area contributed by atoms with Gasteiger partial charge in [0.15, 0.2) is 11.5 Å². The second kappa shape index (κ2) is 10.8. The van der Waals surface area contributed by atoms with E-state index in [1.54, 1.807) is 25.1 Å². The van der Waals surface area contributed by atoms with Crippen molar-refractivity contribution in [2.24, 2.45) is 0 Å². The number of hydrogen-bond acceptors (Lipinski definition) is 8. The Hall–Kier alpha value is -4.58. The lowest BCUT2D eigenvalue weighted by atomic mass is 10.1. The summed E-state index contributed by atoms with van der Waals surface area (Å²) in [6.07, 6.45) is 5.41. The number of carbonyl (C=O) groups is 1. The quantitative estimate of drug-likeness (QED) is 0.319. The van der Waals surface area contributed by atoms with E-state index in [0.29, 0.717) is 65.1 Å². The van der Waals surface area contributed by atoms with Gasteiger partial charge in [-0.15, -0.1) is 0 Å². The van der Waals surface area contributed by atoms with E-state index < -0.39 is 0 Å². The standard InChI is InChI=1S/C27H28N6O3/c1-4-25(34)33-10-8-19(9-11-33)36-24-12-20-22(13-23(24)35-3)31-16-18(15-29)26(20)32-21-7-5-6-17(14-28)27(21)30-2/h4-7,12-14,16,19,28,30H,1,8-11H2,2-3H3,(H,31,32). The summed E-state index contributed by atoms with van der Waals surface area (Å²) in [5.74, 6) is 1.01. The number of carbonyl (C=O) groups excluding carboxylic acids is 1. The third-order valence-electron chi connectivity index (χ3n) is 6.26. The fourth-order valence-electron chi connectivity index (χ4n) is 4.38. The molecule has 1 aliphatic rings. The summed E-state index contributed by atoms with van der Waals surface area (Å²) in [5.41, 5.74) is 3.78. The van der Waals surface area contributed by atoms with E-state index in [-0.39, 0.29) is 12.0 Å². The monoisotopic (exact) mass is 484 g/mol. The zero-order chi connectivity index (χ0) is 25.7. The molecule has 0 bridgehead atoms. The molecule has 9 heteroatoms. The largest absolute Gasteiger partial charge is 0.493 e. The number of piperidine rings is 1. The minimum Gasteiger partial charge on any atom is -0.493 e. The van der Waals surface area contributed by atoms with Crippen LogP contribution in [0.5, 0.6) is 11.5 Å². The molecular formula is C27H28N6O3. The number of methoxy groups -OCH3 is 1. The van der Waals surface area contributed by atoms with Crippen molar-refractivity contribution in [3.63, 3.8) is 0 Å². The van der Waals surface area contributed by atoms with Crippen LogP contribution < -0.4 is 20.1 Å². The number of amides is 1. The maximum atomic E-state index is 11.9. The van der Waals surface area contributed by atoms with Crippen LogP contribution in [0.4, 0.5) is 17.1 Å². The van der Waals surface area contributed by atoms with Gasteiger partial charge in [-0.3, -0.25) is 9.78 Å². The van der Waals surface area contributed by atoms with Crippen molar-refractivity contribution in [3.8, 4) is 17.6 Å². The van der Waals surface area contributed by atoms with Crippen molar-refractivity contribution in [2.45, 2.75) is 18.9 Å². The Kier molecular flexibility index (Phi) is 7.35. The molecule has 0 spiro atoms. The summed E-state index contributed by atoms with van der Waals surface area (Å²) < 4.78 is 11.9. The summed E-state index contributed by atoms with van der Waals surface area (Å²) in [5, 5.41) is 24.7. The van der Waals surface area contributed by atoms with Crippen molar-refractivity contribution < 1.29 is 14.3 Å². The van der Waals surface area contributed by atoms with Crippen LogP contribution >= 0.6 is 0 Å². The molecule has 1 amide bonds. The molecule has 0 saturated carbocycles. The van der Waals surface area contributed by atoms with Gasteiger partial charge in [-0.1, -0.05) is 18.7 Å². The maximum Gasteiger partial charge on any atom is 0.245 e. The van der Waals surface area contributed by atoms with Gasteiger partial charge in [-0.05, 0) is 18.2 Å². The fraction of sp³-hybridized carbons (Fsp3) is 0.259. The van der Waals surface area contributed by atoms with Crippen molar-refractivity contribution in [1.82, 2.24) is 9.88 Å². The van der Waals surface area contributed by atoms with E-state index >= 15 is 0 Å². The molecule has 3 aromatic rings. The van der Waals surface area contributed by atoms with Crippen LogP contribution in [-0.2, 0) is 4.79 Å². The van der Waals surface area contributed by atoms with Crippen LogP contribution in [0.15, 0.2) is 49.2 Å². The molecule has 2 aromatic carbocycles. The van der Waals surface area contributed by atoms with Gasteiger partial charge in [0.2, 0.25) is 5.91 Å². The van der Waals surface area contributed by atoms with E-state index in [2.05, 4.69) is 28.3 Å². The number of anilines is 3. The molecule has 2 heterocycles. The van der Waals surface area contributed by atoms with Gasteiger partial charge >= 0.3 is 0 Å². The van der Waals surface area contributed by atoms with Crippen LogP contribution in [-0.4, -0.2) is 55.4 Å². The fourth-order valence-corrected chi connectivity index (χ4v) is 4.38. The minimum atomic E-state index is -0.0890. The Morgan fingerprint density at radius 3 is 2.69 bits per heavy atom. The van der Waals surface area contributed by atoms with Crippen molar-refractivity contribution in [1.29, 1.82) is 10.7 Å². The number of ether oxygens (including phenoxy) is 2. The molecule has 1 saturated heterocycles. The molecule has 1 aromatic heterocycles. The number of nitrogens with one attached hydrogen (secondary N) is 3. The molecule has 0 aliphatic carbocycles. The summed E-state index contributed by atoms with van der Waals surface area (Å²) in [7, 11) is 3.36. The number of aromatic nitrogens is 1. The predicted molar refractivity (Wildman–Crippen MR) is 141 cm³/mol. The summed E-state index contributed by atoms with van der Waals surface area (Å²) in [6, 6.07) is 11.4. The van der Waals surface area contributed by atoms with Crippen LogP contribution in [0, 0.1) is 16.7 Å². The third kappa shape index (κ3) is 4.79. The summed E-state index contributed by atoms with van der Waals surface area (Å²) in [4.78, 5) is 18.1. The molecule has 36 heavy (non-hydrogen) atoms. The van der Waals surface area contributed by atoms with Crippen LogP contribution in [0.1, 0.15) is 24.0 Å². The Bertz CT molecular complexity index is 1360. The van der Waals surface area contributed by atoms with Gasteiger partial charge in [0.1, 0.15) is 12.2 Å². The molecule has 1 fully saturated rings. The van der Waals surface area contributed by atoms with Crippen LogP contribution in [0.3, 0.4) is 0 Å². The lowest BCUT2D eigenvalue weighted by molar-refractivity contribution is -0.127. The molecular weight excluding hydrogens is 456 g/mol. The second-order valence-corrected chi connectivity index (χ2v) is 8.31. The summed E-state index contributed by atoms with van der Waals surface area (Å²) in [6.45, 7) is 4.74. The minimum absolute atomic E-state index is 0.0735. The first-order valence-corrected chi connectivity index (χ1v) is 11.6. The number of benzene rings is 2. The molecule has 9 nitrogen and oxygen atoms in total. The lowest BCUT2D eigenvalue weighted by Crippen LogP contribution is -2.41. The molecule has 4 rings (SSSR count). The Morgan fingerprint density at radius 2 is 2.06 bits per heavy atom. The number of fused-ring (bicyclic) bond motifs is 1. The summed E-state index contributed by atoms with van der Waals surface area (Å²) >= 11 is 0. The van der Waals surface area contributed by atoms with E-state index in [1.807, 2.05) is 24.3 Å².